The summed E-state index contributed by atoms with van der Waals surface area (Å²) in [6, 6.07) is 21.1. The lowest BCUT2D eigenvalue weighted by Gasteiger charge is -2.26. The zero-order chi connectivity index (χ0) is 30.5. The van der Waals surface area contributed by atoms with Gasteiger partial charge in [-0.15, -0.1) is 0 Å². The van der Waals surface area contributed by atoms with Crippen molar-refractivity contribution in [1.29, 1.82) is 0 Å². The Kier molecular flexibility index (Phi) is 8.58. The number of likely N-dealkylation sites (tertiary alicyclic amines) is 2. The second-order valence-electron chi connectivity index (χ2n) is 11.4. The van der Waals surface area contributed by atoms with Crippen LogP contribution in [0.25, 0.3) is 27.5 Å². The number of aromatic amines is 2. The molecule has 2 saturated heterocycles. The van der Waals surface area contributed by atoms with Crippen molar-refractivity contribution < 1.29 is 9.59 Å². The summed E-state index contributed by atoms with van der Waals surface area (Å²) in [5.74, 6) is 1.32. The molecule has 0 unspecified atom stereocenters. The highest BCUT2D eigenvalue weighted by Gasteiger charge is 2.20. The number of carbonyl (C=O) groups excluding carboxylic acids is 2. The van der Waals surface area contributed by atoms with Crippen molar-refractivity contribution in [2.75, 3.05) is 37.2 Å². The van der Waals surface area contributed by atoms with Crippen LogP contribution in [0.2, 0.25) is 0 Å². The molecule has 3 aromatic carbocycles. The van der Waals surface area contributed by atoms with Crippen molar-refractivity contribution in [3.05, 3.63) is 90.0 Å². The number of fused-ring (bicyclic) bond motifs is 2. The van der Waals surface area contributed by atoms with E-state index in [9.17, 15) is 9.59 Å². The summed E-state index contributed by atoms with van der Waals surface area (Å²) in [6.07, 6.45) is 6.80. The topological polar surface area (TPSA) is 136 Å². The van der Waals surface area contributed by atoms with Gasteiger partial charge in [-0.1, -0.05) is 36.9 Å². The first-order chi connectivity index (χ1) is 21.5. The maximum Gasteiger partial charge on any atom is 0.253 e. The number of benzene rings is 3. The van der Waals surface area contributed by atoms with E-state index in [0.29, 0.717) is 22.8 Å². The second kappa shape index (κ2) is 13.0. The molecule has 2 aliphatic heterocycles. The maximum atomic E-state index is 12.8. The van der Waals surface area contributed by atoms with Crippen LogP contribution < -0.4 is 11.1 Å². The minimum atomic E-state index is 0.0946. The van der Waals surface area contributed by atoms with E-state index < -0.39 is 0 Å². The average molecular weight is 591 g/mol. The number of anilines is 2. The van der Waals surface area contributed by atoms with Gasteiger partial charge >= 0.3 is 0 Å². The molecule has 0 aliphatic carbocycles. The number of H-pyrrole nitrogens is 2. The quantitative estimate of drug-likeness (QED) is 0.197. The summed E-state index contributed by atoms with van der Waals surface area (Å²) in [4.78, 5) is 29.0. The molecule has 2 aliphatic rings. The van der Waals surface area contributed by atoms with E-state index in [0.717, 1.165) is 84.9 Å². The number of carbonyl (C=O) groups is 2. The van der Waals surface area contributed by atoms with Gasteiger partial charge in [-0.25, -0.2) is 0 Å². The van der Waals surface area contributed by atoms with Crippen LogP contribution in [0.5, 0.6) is 0 Å². The number of nitrogens with two attached hydrogens (primary N) is 1. The molecule has 0 spiro atoms. The van der Waals surface area contributed by atoms with E-state index in [-0.39, 0.29) is 11.8 Å². The predicted molar refractivity (Wildman–Crippen MR) is 175 cm³/mol. The van der Waals surface area contributed by atoms with Gasteiger partial charge in [0, 0.05) is 53.8 Å². The SMILES string of the molecule is C=C(Nc1n[nH]c2ccc(C(=O)N3CCCCC3)cc12)c1ccccc1.Nc1n[nH]c2ccc(C(=O)N3CCCCC3)cc12. The fraction of sp³-hybridized carbons (Fsp3) is 0.294. The molecule has 4 heterocycles. The van der Waals surface area contributed by atoms with Crippen molar-refractivity contribution in [1.82, 2.24) is 30.2 Å². The predicted octanol–water partition coefficient (Wildman–Crippen LogP) is 6.04. The van der Waals surface area contributed by atoms with Crippen LogP contribution in [-0.2, 0) is 0 Å². The summed E-state index contributed by atoms with van der Waals surface area (Å²) >= 11 is 0. The largest absolute Gasteiger partial charge is 0.382 e. The molecule has 5 aromatic rings. The van der Waals surface area contributed by atoms with Crippen LogP contribution in [0.15, 0.2) is 73.3 Å². The Morgan fingerprint density at radius 3 is 1.80 bits per heavy atom. The first-order valence-corrected chi connectivity index (χ1v) is 15.3. The van der Waals surface area contributed by atoms with Crippen molar-refractivity contribution in [3.63, 3.8) is 0 Å². The molecule has 0 radical (unpaired) electrons. The Morgan fingerprint density at radius 2 is 1.20 bits per heavy atom. The molecule has 2 aromatic heterocycles. The van der Waals surface area contributed by atoms with E-state index in [1.807, 2.05) is 76.5 Å². The highest BCUT2D eigenvalue weighted by molar-refractivity contribution is 6.02. The summed E-state index contributed by atoms with van der Waals surface area (Å²) in [6.45, 7) is 7.51. The molecule has 0 saturated carbocycles. The number of nitrogens with zero attached hydrogens (tertiary/aromatic N) is 4. The molecule has 2 fully saturated rings. The molecule has 7 rings (SSSR count). The highest BCUT2D eigenvalue weighted by Crippen LogP contribution is 2.26. The molecule has 0 bridgehead atoms. The van der Waals surface area contributed by atoms with Gasteiger partial charge in [0.2, 0.25) is 0 Å². The smallest absolute Gasteiger partial charge is 0.253 e. The molecule has 44 heavy (non-hydrogen) atoms. The van der Waals surface area contributed by atoms with Crippen LogP contribution >= 0.6 is 0 Å². The van der Waals surface area contributed by atoms with Crippen LogP contribution in [0.3, 0.4) is 0 Å². The molecule has 5 N–H and O–H groups in total. The molecular formula is C34H38N8O2. The Labute approximate surface area is 256 Å². The summed E-state index contributed by atoms with van der Waals surface area (Å²) < 4.78 is 0. The zero-order valence-electron chi connectivity index (χ0n) is 24.8. The number of hydrogen-bond donors (Lipinski definition) is 4. The van der Waals surface area contributed by atoms with E-state index in [4.69, 9.17) is 5.73 Å². The summed E-state index contributed by atoms with van der Waals surface area (Å²) in [5.41, 5.74) is 10.7. The van der Waals surface area contributed by atoms with Crippen LogP contribution in [0.4, 0.5) is 11.6 Å². The Balaban J connectivity index is 0.000000167. The minimum Gasteiger partial charge on any atom is -0.382 e. The molecule has 0 atom stereocenters. The number of rotatable bonds is 5. The number of hydrogen-bond acceptors (Lipinski definition) is 6. The van der Waals surface area contributed by atoms with Crippen LogP contribution in [-0.4, -0.2) is 68.2 Å². The number of amides is 2. The van der Waals surface area contributed by atoms with Gasteiger partial charge in [0.1, 0.15) is 0 Å². The summed E-state index contributed by atoms with van der Waals surface area (Å²) in [7, 11) is 0. The van der Waals surface area contributed by atoms with E-state index in [2.05, 4.69) is 32.3 Å². The lowest BCUT2D eigenvalue weighted by atomic mass is 10.1. The van der Waals surface area contributed by atoms with Gasteiger partial charge in [-0.2, -0.15) is 10.2 Å². The maximum absolute atomic E-state index is 12.8. The molecule has 10 nitrogen and oxygen atoms in total. The average Bonchev–Trinajstić information content (AvgIpc) is 3.67. The van der Waals surface area contributed by atoms with Crippen molar-refractivity contribution >= 4 is 51.0 Å². The second-order valence-corrected chi connectivity index (χ2v) is 11.4. The number of nitrogen functional groups attached to an aromatic ring is 1. The van der Waals surface area contributed by atoms with Gasteiger partial charge < -0.3 is 20.9 Å². The zero-order valence-corrected chi connectivity index (χ0v) is 24.8. The molecular weight excluding hydrogens is 552 g/mol. The highest BCUT2D eigenvalue weighted by atomic mass is 16.2. The fourth-order valence-corrected chi connectivity index (χ4v) is 5.82. The molecule has 2 amide bonds. The van der Waals surface area contributed by atoms with Crippen molar-refractivity contribution in [2.45, 2.75) is 38.5 Å². The fourth-order valence-electron chi connectivity index (χ4n) is 5.82. The molecule has 10 heteroatoms. The van der Waals surface area contributed by atoms with E-state index in [1.165, 1.54) is 12.8 Å². The summed E-state index contributed by atoms with van der Waals surface area (Å²) in [5, 5.41) is 19.1. The van der Waals surface area contributed by atoms with Crippen molar-refractivity contribution in [3.8, 4) is 0 Å². The third-order valence-electron chi connectivity index (χ3n) is 8.33. The standard InChI is InChI=1S/C21H22N4O.C13H16N4O/c1-15(16-8-4-2-5-9-16)22-20-18-14-17(10-11-19(18)23-24-20)21(26)25-12-6-3-7-13-25;14-12-10-8-9(4-5-11(10)15-16-12)13(18)17-6-2-1-3-7-17/h2,4-5,8-11,14H,1,3,6-7,12-13H2,(H2,22,23,24);4-5,8H,1-3,6-7H2,(H3,14,15,16). The van der Waals surface area contributed by atoms with Gasteiger partial charge in [0.05, 0.1) is 11.0 Å². The lowest BCUT2D eigenvalue weighted by Crippen LogP contribution is -2.35. The first-order valence-electron chi connectivity index (χ1n) is 15.3. The third kappa shape index (κ3) is 6.29. The van der Waals surface area contributed by atoms with Gasteiger partial charge in [-0.3, -0.25) is 19.8 Å². The molecule has 226 valence electrons. The first kappa shape index (κ1) is 29.0. The number of aromatic nitrogens is 4. The van der Waals surface area contributed by atoms with Gasteiger partial charge in [0.15, 0.2) is 11.6 Å². The number of piperidine rings is 2. The van der Waals surface area contributed by atoms with E-state index >= 15 is 0 Å². The Hall–Kier alpha value is -5.12. The minimum absolute atomic E-state index is 0.0946. The van der Waals surface area contributed by atoms with Crippen LogP contribution in [0.1, 0.15) is 64.8 Å². The van der Waals surface area contributed by atoms with Crippen molar-refractivity contribution in [2.24, 2.45) is 0 Å². The van der Waals surface area contributed by atoms with Gasteiger partial charge in [-0.05, 0) is 80.5 Å². The third-order valence-corrected chi connectivity index (χ3v) is 8.33. The Bertz CT molecular complexity index is 1780. The van der Waals surface area contributed by atoms with Crippen LogP contribution in [0, 0.1) is 0 Å². The van der Waals surface area contributed by atoms with E-state index in [1.54, 1.807) is 0 Å². The lowest BCUT2D eigenvalue weighted by molar-refractivity contribution is 0.0717. The normalized spacial score (nSPS) is 15.1. The Morgan fingerprint density at radius 1 is 0.682 bits per heavy atom. The number of nitrogens with one attached hydrogen (secondary N) is 3. The monoisotopic (exact) mass is 590 g/mol. The van der Waals surface area contributed by atoms with Gasteiger partial charge in [0.25, 0.3) is 11.8 Å².